The zero-order chi connectivity index (χ0) is 15.8. The maximum atomic E-state index is 12.9. The van der Waals surface area contributed by atoms with Crippen LogP contribution in [0.15, 0.2) is 53.3 Å². The Morgan fingerprint density at radius 2 is 1.71 bits per heavy atom. The summed E-state index contributed by atoms with van der Waals surface area (Å²) in [5.41, 5.74) is 3.55. The monoisotopic (exact) mass is 432 g/mol. The quantitative estimate of drug-likeness (QED) is 0.402. The number of hydrogen-bond acceptors (Lipinski definition) is 1. The molecule has 4 rings (SSSR count). The zero-order valence-electron chi connectivity index (χ0n) is 13.8. The van der Waals surface area contributed by atoms with Crippen LogP contribution in [0, 0.1) is 6.92 Å². The zero-order valence-corrected chi connectivity index (χ0v) is 16.0. The first-order valence-corrected chi connectivity index (χ1v) is 8.39. The van der Waals surface area contributed by atoms with E-state index < -0.39 is 0 Å². The lowest BCUT2D eigenvalue weighted by atomic mass is 10.1. The van der Waals surface area contributed by atoms with Crippen LogP contribution in [0.25, 0.3) is 16.6 Å². The predicted molar refractivity (Wildman–Crippen MR) is 92.0 cm³/mol. The molecule has 24 heavy (non-hydrogen) atoms. The Kier molecular flexibility index (Phi) is 5.04. The fourth-order valence-corrected chi connectivity index (χ4v) is 3.56. The van der Waals surface area contributed by atoms with Gasteiger partial charge in [-0.1, -0.05) is 29.8 Å². The predicted octanol–water partition coefficient (Wildman–Crippen LogP) is 0.317. The van der Waals surface area contributed by atoms with Crippen molar-refractivity contribution in [2.45, 2.75) is 39.2 Å². The van der Waals surface area contributed by atoms with Gasteiger partial charge >= 0.3 is 5.56 Å². The van der Waals surface area contributed by atoms with Gasteiger partial charge in [0.15, 0.2) is 0 Å². The standard InChI is InChI=1S/C20H21N2O.HI/c1-15-10-12-16(13-11-15)22-18-8-5-4-7-17(18)20(23)21-14-6-2-3-9-19(21)22;/h4-5,7-8,10-13H,2-3,6,9,14H2,1H3;1H/q+1;/p-1. The summed E-state index contributed by atoms with van der Waals surface area (Å²) >= 11 is 0. The van der Waals surface area contributed by atoms with Gasteiger partial charge in [0.1, 0.15) is 16.6 Å². The lowest BCUT2D eigenvalue weighted by Crippen LogP contribution is -3.00. The van der Waals surface area contributed by atoms with Gasteiger partial charge in [-0.25, -0.2) is 4.79 Å². The minimum Gasteiger partial charge on any atom is -1.00 e. The van der Waals surface area contributed by atoms with Gasteiger partial charge < -0.3 is 24.0 Å². The van der Waals surface area contributed by atoms with Gasteiger partial charge in [-0.3, -0.25) is 0 Å². The topological polar surface area (TPSA) is 25.9 Å². The molecule has 2 heterocycles. The van der Waals surface area contributed by atoms with Crippen molar-refractivity contribution in [1.82, 2.24) is 4.57 Å². The number of halogens is 1. The largest absolute Gasteiger partial charge is 1.00 e. The molecular weight excluding hydrogens is 411 g/mol. The van der Waals surface area contributed by atoms with Gasteiger partial charge in [0.05, 0.1) is 6.54 Å². The third-order valence-electron chi connectivity index (χ3n) is 4.76. The Labute approximate surface area is 159 Å². The number of aryl methyl sites for hydroxylation is 1. The molecule has 0 unspecified atom stereocenters. The van der Waals surface area contributed by atoms with Crippen LogP contribution >= 0.6 is 0 Å². The molecule has 3 aromatic rings. The number of aromatic nitrogens is 2. The SMILES string of the molecule is Cc1ccc(-[n+]2c3n(c(=O)c4ccccc42)CCCCC3)cc1.[I-]. The number of nitrogens with zero attached hydrogens (tertiary/aromatic N) is 2. The molecule has 0 aliphatic carbocycles. The van der Waals surface area contributed by atoms with E-state index in [0.29, 0.717) is 0 Å². The summed E-state index contributed by atoms with van der Waals surface area (Å²) < 4.78 is 4.27. The van der Waals surface area contributed by atoms with Gasteiger partial charge in [-0.2, -0.15) is 9.13 Å². The van der Waals surface area contributed by atoms with Crippen molar-refractivity contribution < 1.29 is 28.5 Å². The van der Waals surface area contributed by atoms with Crippen molar-refractivity contribution in [3.05, 3.63) is 70.3 Å². The summed E-state index contributed by atoms with van der Waals surface area (Å²) in [4.78, 5) is 12.9. The summed E-state index contributed by atoms with van der Waals surface area (Å²) in [6.45, 7) is 2.92. The van der Waals surface area contributed by atoms with E-state index in [-0.39, 0.29) is 29.5 Å². The second-order valence-corrected chi connectivity index (χ2v) is 6.37. The normalized spacial score (nSPS) is 13.9. The van der Waals surface area contributed by atoms with E-state index >= 15 is 0 Å². The molecule has 0 atom stereocenters. The molecule has 0 amide bonds. The van der Waals surface area contributed by atoms with Crippen LogP contribution in [0.3, 0.4) is 0 Å². The van der Waals surface area contributed by atoms with Crippen LogP contribution in [0.5, 0.6) is 0 Å². The number of fused-ring (bicyclic) bond motifs is 2. The van der Waals surface area contributed by atoms with E-state index in [4.69, 9.17) is 0 Å². The van der Waals surface area contributed by atoms with Gasteiger partial charge in [0.25, 0.3) is 5.82 Å². The van der Waals surface area contributed by atoms with Gasteiger partial charge in [-0.05, 0) is 50.5 Å². The first-order valence-electron chi connectivity index (χ1n) is 8.39. The molecular formula is C20H21IN2O. The maximum absolute atomic E-state index is 12.9. The van der Waals surface area contributed by atoms with Crippen LogP contribution in [0.4, 0.5) is 0 Å². The van der Waals surface area contributed by atoms with E-state index in [9.17, 15) is 4.79 Å². The van der Waals surface area contributed by atoms with Gasteiger partial charge in [0, 0.05) is 6.42 Å². The van der Waals surface area contributed by atoms with Crippen LogP contribution in [-0.2, 0) is 13.0 Å². The van der Waals surface area contributed by atoms with Gasteiger partial charge in [0.2, 0.25) is 0 Å². The number of hydrogen-bond donors (Lipinski definition) is 0. The Bertz CT molecular complexity index is 929. The van der Waals surface area contributed by atoms with E-state index in [2.05, 4.69) is 41.8 Å². The smallest absolute Gasteiger partial charge is 0.345 e. The Morgan fingerprint density at radius 3 is 2.50 bits per heavy atom. The summed E-state index contributed by atoms with van der Waals surface area (Å²) in [6.07, 6.45) is 4.36. The van der Waals surface area contributed by atoms with Crippen molar-refractivity contribution in [1.29, 1.82) is 0 Å². The fraction of sp³-hybridized carbons (Fsp3) is 0.300. The second kappa shape index (κ2) is 7.05. The lowest BCUT2D eigenvalue weighted by molar-refractivity contribution is -0.582. The van der Waals surface area contributed by atoms with Crippen LogP contribution in [0.2, 0.25) is 0 Å². The number of benzene rings is 2. The highest BCUT2D eigenvalue weighted by Crippen LogP contribution is 2.16. The third kappa shape index (κ3) is 2.88. The average molecular weight is 432 g/mol. The molecule has 1 aliphatic heterocycles. The highest BCUT2D eigenvalue weighted by atomic mass is 127. The van der Waals surface area contributed by atoms with Crippen LogP contribution in [-0.4, -0.2) is 4.57 Å². The molecule has 1 aliphatic rings. The van der Waals surface area contributed by atoms with Crippen molar-refractivity contribution in [2.24, 2.45) is 0 Å². The first kappa shape index (κ1) is 17.1. The molecule has 0 fully saturated rings. The summed E-state index contributed by atoms with van der Waals surface area (Å²) in [5.74, 6) is 1.13. The Morgan fingerprint density at radius 1 is 0.958 bits per heavy atom. The lowest BCUT2D eigenvalue weighted by Gasteiger charge is -2.12. The molecule has 2 aromatic carbocycles. The van der Waals surface area contributed by atoms with Crippen LogP contribution < -0.4 is 34.1 Å². The molecule has 0 radical (unpaired) electrons. The molecule has 0 N–H and O–H groups in total. The van der Waals surface area contributed by atoms with E-state index in [0.717, 1.165) is 48.2 Å². The Balaban J connectivity index is 0.00000169. The highest BCUT2D eigenvalue weighted by Gasteiger charge is 2.25. The molecule has 4 heteroatoms. The van der Waals surface area contributed by atoms with Crippen molar-refractivity contribution in [3.63, 3.8) is 0 Å². The molecule has 0 bridgehead atoms. The average Bonchev–Trinajstić information content (AvgIpc) is 2.83. The maximum Gasteiger partial charge on any atom is 0.345 e. The summed E-state index contributed by atoms with van der Waals surface area (Å²) in [7, 11) is 0. The molecule has 1 aromatic heterocycles. The van der Waals surface area contributed by atoms with E-state index in [1.54, 1.807) is 0 Å². The highest BCUT2D eigenvalue weighted by molar-refractivity contribution is 5.75. The number of para-hydroxylation sites is 1. The molecule has 0 saturated carbocycles. The first-order chi connectivity index (χ1) is 11.3. The minimum atomic E-state index is 0. The number of rotatable bonds is 1. The van der Waals surface area contributed by atoms with Gasteiger partial charge in [-0.15, -0.1) is 0 Å². The second-order valence-electron chi connectivity index (χ2n) is 6.37. The molecule has 3 nitrogen and oxygen atoms in total. The summed E-state index contributed by atoms with van der Waals surface area (Å²) in [6, 6.07) is 16.5. The van der Waals surface area contributed by atoms with Crippen molar-refractivity contribution in [3.8, 4) is 5.69 Å². The summed E-state index contributed by atoms with van der Waals surface area (Å²) in [5, 5.41) is 0.804. The van der Waals surface area contributed by atoms with E-state index in [1.165, 1.54) is 12.0 Å². The molecule has 0 saturated heterocycles. The van der Waals surface area contributed by atoms with Crippen molar-refractivity contribution in [2.75, 3.05) is 0 Å². The van der Waals surface area contributed by atoms with Crippen LogP contribution in [0.1, 0.15) is 30.7 Å². The molecule has 0 spiro atoms. The van der Waals surface area contributed by atoms with Crippen molar-refractivity contribution >= 4 is 10.9 Å². The fourth-order valence-electron chi connectivity index (χ4n) is 3.56. The molecule has 124 valence electrons. The van der Waals surface area contributed by atoms with E-state index in [1.807, 2.05) is 22.8 Å². The Hall–Kier alpha value is -1.69. The minimum absolute atomic E-state index is 0. The third-order valence-corrected chi connectivity index (χ3v) is 4.76.